The zero-order valence-electron chi connectivity index (χ0n) is 9.38. The van der Waals surface area contributed by atoms with Crippen molar-refractivity contribution in [2.75, 3.05) is 0 Å². The van der Waals surface area contributed by atoms with E-state index in [1.54, 1.807) is 0 Å². The van der Waals surface area contributed by atoms with Gasteiger partial charge in [-0.1, -0.05) is 18.5 Å². The van der Waals surface area contributed by atoms with Crippen LogP contribution in [0, 0.1) is 16.0 Å². The van der Waals surface area contributed by atoms with Crippen molar-refractivity contribution in [2.24, 2.45) is 5.92 Å². The zero-order valence-corrected chi connectivity index (χ0v) is 10.1. The molecule has 0 bridgehead atoms. The molecule has 0 aliphatic carbocycles. The van der Waals surface area contributed by atoms with Crippen LogP contribution in [-0.4, -0.2) is 16.7 Å². The second kappa shape index (κ2) is 5.59. The van der Waals surface area contributed by atoms with Crippen LogP contribution in [0.1, 0.15) is 23.7 Å². The number of Topliss-reactive ketones (excluding diaryl/α,β-unsaturated/α-hetero) is 1. The van der Waals surface area contributed by atoms with Gasteiger partial charge >= 0.3 is 0 Å². The number of nitro groups is 1. The van der Waals surface area contributed by atoms with Crippen molar-refractivity contribution in [1.29, 1.82) is 0 Å². The van der Waals surface area contributed by atoms with E-state index in [0.717, 1.165) is 6.07 Å². The molecule has 1 aromatic carbocycles. The fourth-order valence-electron chi connectivity index (χ4n) is 1.43. The number of ketones is 1. The molecule has 0 saturated heterocycles. The summed E-state index contributed by atoms with van der Waals surface area (Å²) in [6, 6.07) is 3.60. The summed E-state index contributed by atoms with van der Waals surface area (Å²) in [5.41, 5.74) is -0.331. The minimum absolute atomic E-state index is 0.0554. The third-order valence-corrected chi connectivity index (χ3v) is 2.67. The van der Waals surface area contributed by atoms with E-state index in [2.05, 4.69) is 0 Å². The molecule has 0 unspecified atom stereocenters. The number of nitro benzene ring substituents is 1. The highest BCUT2D eigenvalue weighted by atomic mass is 35.5. The minimum atomic E-state index is -1.35. The van der Waals surface area contributed by atoms with E-state index in [0.29, 0.717) is 0 Å². The first-order valence-corrected chi connectivity index (χ1v) is 5.38. The summed E-state index contributed by atoms with van der Waals surface area (Å²) in [6.07, 6.45) is -0.435. The maximum atomic E-state index is 11.8. The maximum absolute atomic E-state index is 11.8. The largest absolute Gasteiger partial charge is 0.550 e. The molecular formula is C11H9ClNO5-. The molecule has 1 rings (SSSR count). The Hall–Kier alpha value is -1.95. The summed E-state index contributed by atoms with van der Waals surface area (Å²) >= 11 is 5.60. The smallest absolute Gasteiger partial charge is 0.288 e. The van der Waals surface area contributed by atoms with Gasteiger partial charge in [-0.25, -0.2) is 0 Å². The number of aliphatic carboxylic acids is 1. The number of halogens is 1. The highest BCUT2D eigenvalue weighted by Gasteiger charge is 2.20. The van der Waals surface area contributed by atoms with Crippen LogP contribution in [0.25, 0.3) is 0 Å². The number of hydrogen-bond acceptors (Lipinski definition) is 5. The standard InChI is InChI=1S/C11H10ClNO5/c1-6(4-10(14)15)11(16)7-2-3-8(12)9(5-7)13(17)18/h2-3,5-6H,4H2,1H3,(H,14,15)/p-1/t6-/m0/s1. The summed E-state index contributed by atoms with van der Waals surface area (Å²) in [4.78, 5) is 32.1. The molecule has 6 nitrogen and oxygen atoms in total. The van der Waals surface area contributed by atoms with Crippen molar-refractivity contribution in [3.05, 3.63) is 38.9 Å². The first kappa shape index (κ1) is 14.1. The van der Waals surface area contributed by atoms with Crippen molar-refractivity contribution in [2.45, 2.75) is 13.3 Å². The number of carbonyl (C=O) groups is 2. The Labute approximate surface area is 107 Å². The van der Waals surface area contributed by atoms with Gasteiger partial charge in [-0.3, -0.25) is 14.9 Å². The topological polar surface area (TPSA) is 100 Å². The predicted octanol–water partition coefficient (Wildman–Crippen LogP) is 1.21. The molecule has 1 atom stereocenters. The molecule has 0 aromatic heterocycles. The lowest BCUT2D eigenvalue weighted by Gasteiger charge is -2.10. The van der Waals surface area contributed by atoms with E-state index in [1.807, 2.05) is 0 Å². The number of carboxylic acids is 1. The first-order chi connectivity index (χ1) is 8.32. The molecule has 96 valence electrons. The van der Waals surface area contributed by atoms with Crippen LogP contribution in [0.15, 0.2) is 18.2 Å². The Bertz CT molecular complexity index is 514. The van der Waals surface area contributed by atoms with Gasteiger partial charge in [0.1, 0.15) is 5.02 Å². The van der Waals surface area contributed by atoms with Crippen LogP contribution < -0.4 is 5.11 Å². The third kappa shape index (κ3) is 3.27. The molecule has 0 aliphatic heterocycles. The highest BCUT2D eigenvalue weighted by molar-refractivity contribution is 6.32. The lowest BCUT2D eigenvalue weighted by Crippen LogP contribution is -2.27. The molecule has 0 aliphatic rings. The Morgan fingerprint density at radius 1 is 1.44 bits per heavy atom. The monoisotopic (exact) mass is 270 g/mol. The van der Waals surface area contributed by atoms with E-state index >= 15 is 0 Å². The Morgan fingerprint density at radius 3 is 2.56 bits per heavy atom. The number of carboxylic acid groups (broad SMARTS) is 1. The van der Waals surface area contributed by atoms with Gasteiger partial charge in [0.25, 0.3) is 5.69 Å². The van der Waals surface area contributed by atoms with Gasteiger partial charge < -0.3 is 9.90 Å². The van der Waals surface area contributed by atoms with E-state index in [-0.39, 0.29) is 16.3 Å². The lowest BCUT2D eigenvalue weighted by atomic mass is 9.96. The van der Waals surface area contributed by atoms with Crippen molar-refractivity contribution in [3.8, 4) is 0 Å². The summed E-state index contributed by atoms with van der Waals surface area (Å²) in [5, 5.41) is 21.0. The van der Waals surface area contributed by atoms with E-state index in [9.17, 15) is 24.8 Å². The predicted molar refractivity (Wildman–Crippen MR) is 61.2 cm³/mol. The summed E-state index contributed by atoms with van der Waals surface area (Å²) in [6.45, 7) is 1.42. The SMILES string of the molecule is C[C@@H](CC(=O)[O-])C(=O)c1ccc(Cl)c([N+](=O)[O-])c1. The van der Waals surface area contributed by atoms with Crippen LogP contribution in [0.5, 0.6) is 0 Å². The van der Waals surface area contributed by atoms with Gasteiger partial charge in [0.05, 0.1) is 4.92 Å². The van der Waals surface area contributed by atoms with Crippen molar-refractivity contribution in [3.63, 3.8) is 0 Å². The molecule has 1 aromatic rings. The number of carbonyl (C=O) groups excluding carboxylic acids is 2. The van der Waals surface area contributed by atoms with Gasteiger partial charge in [0.2, 0.25) is 0 Å². The van der Waals surface area contributed by atoms with Crippen molar-refractivity contribution >= 4 is 29.0 Å². The van der Waals surface area contributed by atoms with Crippen LogP contribution in [0.3, 0.4) is 0 Å². The van der Waals surface area contributed by atoms with Gasteiger partial charge in [0, 0.05) is 23.5 Å². The van der Waals surface area contributed by atoms with Crippen LogP contribution in [0.2, 0.25) is 5.02 Å². The fraction of sp³-hybridized carbons (Fsp3) is 0.273. The molecule has 0 radical (unpaired) electrons. The fourth-order valence-corrected chi connectivity index (χ4v) is 1.62. The van der Waals surface area contributed by atoms with E-state index in [4.69, 9.17) is 11.6 Å². The molecule has 0 heterocycles. The zero-order chi connectivity index (χ0) is 13.9. The number of rotatable bonds is 5. The third-order valence-electron chi connectivity index (χ3n) is 2.35. The van der Waals surface area contributed by atoms with Gasteiger partial charge in [0.15, 0.2) is 5.78 Å². The molecule has 0 spiro atoms. The molecule has 0 saturated carbocycles. The van der Waals surface area contributed by atoms with Gasteiger partial charge in [-0.15, -0.1) is 0 Å². The number of hydrogen-bond donors (Lipinski definition) is 0. The average molecular weight is 271 g/mol. The summed E-state index contributed by atoms with van der Waals surface area (Å²) < 4.78 is 0. The van der Waals surface area contributed by atoms with Crippen molar-refractivity contribution < 1.29 is 19.6 Å². The van der Waals surface area contributed by atoms with E-state index < -0.39 is 29.0 Å². The number of nitrogens with zero attached hydrogens (tertiary/aromatic N) is 1. The quantitative estimate of drug-likeness (QED) is 0.455. The molecule has 18 heavy (non-hydrogen) atoms. The number of benzene rings is 1. The molecule has 7 heteroatoms. The Morgan fingerprint density at radius 2 is 2.06 bits per heavy atom. The van der Waals surface area contributed by atoms with Gasteiger partial charge in [-0.2, -0.15) is 0 Å². The average Bonchev–Trinajstić information content (AvgIpc) is 2.27. The van der Waals surface area contributed by atoms with Crippen LogP contribution in [-0.2, 0) is 4.79 Å². The van der Waals surface area contributed by atoms with Crippen LogP contribution in [0.4, 0.5) is 5.69 Å². The summed E-state index contributed by atoms with van der Waals surface area (Å²) in [7, 11) is 0. The maximum Gasteiger partial charge on any atom is 0.288 e. The second-order valence-corrected chi connectivity index (χ2v) is 4.17. The normalized spacial score (nSPS) is 11.9. The van der Waals surface area contributed by atoms with Gasteiger partial charge in [-0.05, 0) is 18.6 Å². The second-order valence-electron chi connectivity index (χ2n) is 3.76. The van der Waals surface area contributed by atoms with E-state index in [1.165, 1.54) is 19.1 Å². The highest BCUT2D eigenvalue weighted by Crippen LogP contribution is 2.26. The molecule has 0 N–H and O–H groups in total. The minimum Gasteiger partial charge on any atom is -0.550 e. The lowest BCUT2D eigenvalue weighted by molar-refractivity contribution is -0.384. The Balaban J connectivity index is 3.03. The first-order valence-electron chi connectivity index (χ1n) is 5.01. The Kier molecular flexibility index (Phi) is 4.38. The molecule has 0 amide bonds. The summed E-state index contributed by atoms with van der Waals surface area (Å²) in [5.74, 6) is -2.66. The molecular weight excluding hydrogens is 262 g/mol. The van der Waals surface area contributed by atoms with Crippen molar-refractivity contribution in [1.82, 2.24) is 0 Å². The molecule has 0 fully saturated rings. The van der Waals surface area contributed by atoms with Crippen LogP contribution >= 0.6 is 11.6 Å².